The van der Waals surface area contributed by atoms with E-state index in [1.54, 1.807) is 22.7 Å². The molecule has 0 radical (unpaired) electrons. The van der Waals surface area contributed by atoms with Crippen molar-refractivity contribution in [2.24, 2.45) is 0 Å². The van der Waals surface area contributed by atoms with Crippen molar-refractivity contribution in [3.05, 3.63) is 34.9 Å². The molecule has 2 rings (SSSR count). The number of rotatable bonds is 2. The summed E-state index contributed by atoms with van der Waals surface area (Å²) in [6.45, 7) is 0. The Morgan fingerprint density at radius 1 is 1.60 bits per heavy atom. The molecule has 0 aliphatic carbocycles. The van der Waals surface area contributed by atoms with Gasteiger partial charge in [-0.2, -0.15) is 12.6 Å². The average molecular weight is 243 g/mol. The third kappa shape index (κ3) is 1.68. The Morgan fingerprint density at radius 2 is 2.33 bits per heavy atom. The topological polar surface area (TPSA) is 54.6 Å². The Kier molecular flexibility index (Phi) is 2.58. The molecule has 0 saturated carbocycles. The minimum absolute atomic E-state index is 0.0238. The maximum atomic E-state index is 10.9. The monoisotopic (exact) mass is 242 g/mol. The van der Waals surface area contributed by atoms with E-state index in [1.165, 1.54) is 0 Å². The van der Waals surface area contributed by atoms with Crippen LogP contribution in [-0.2, 0) is 5.75 Å². The van der Waals surface area contributed by atoms with E-state index in [0.717, 1.165) is 0 Å². The van der Waals surface area contributed by atoms with E-state index in [1.807, 2.05) is 0 Å². The number of pyridine rings is 1. The third-order valence-electron chi connectivity index (χ3n) is 2.02. The van der Waals surface area contributed by atoms with Crippen molar-refractivity contribution in [2.75, 3.05) is 0 Å². The van der Waals surface area contributed by atoms with Crippen molar-refractivity contribution >= 4 is 35.7 Å². The summed E-state index contributed by atoms with van der Waals surface area (Å²) in [5.41, 5.74) is 0.548. The lowest BCUT2D eigenvalue weighted by molar-refractivity contribution is 0.0693. The lowest BCUT2D eigenvalue weighted by Gasteiger charge is -1.97. The van der Waals surface area contributed by atoms with Crippen LogP contribution in [-0.4, -0.2) is 20.5 Å². The van der Waals surface area contributed by atoms with Gasteiger partial charge in [-0.05, 0) is 12.1 Å². The van der Waals surface area contributed by atoms with Gasteiger partial charge in [0.1, 0.15) is 5.82 Å². The van der Waals surface area contributed by atoms with Gasteiger partial charge in [0.25, 0.3) is 0 Å². The fourth-order valence-electron chi connectivity index (χ4n) is 1.39. The van der Waals surface area contributed by atoms with Crippen LogP contribution in [0.5, 0.6) is 0 Å². The Labute approximate surface area is 95.9 Å². The standard InChI is InChI=1S/C9H7ClN2O2S/c10-5-1-2-6-8(9(13)14)11-7(4-15)12(6)3-5/h1-3,15H,4H2,(H,13,14). The van der Waals surface area contributed by atoms with Crippen LogP contribution in [0.25, 0.3) is 5.52 Å². The van der Waals surface area contributed by atoms with Crippen LogP contribution in [0.1, 0.15) is 16.3 Å². The molecule has 6 heteroatoms. The first-order valence-corrected chi connectivity index (χ1v) is 5.15. The molecule has 1 N–H and O–H groups in total. The molecule has 0 bridgehead atoms. The summed E-state index contributed by atoms with van der Waals surface area (Å²) in [6.07, 6.45) is 1.63. The number of hydrogen-bond donors (Lipinski definition) is 2. The summed E-state index contributed by atoms with van der Waals surface area (Å²) < 4.78 is 1.64. The molecule has 0 saturated heterocycles. The molecule has 0 amide bonds. The number of carboxylic acids is 1. The van der Waals surface area contributed by atoms with Gasteiger partial charge in [0.05, 0.1) is 10.5 Å². The molecule has 15 heavy (non-hydrogen) atoms. The van der Waals surface area contributed by atoms with Gasteiger partial charge in [-0.15, -0.1) is 0 Å². The zero-order valence-corrected chi connectivity index (χ0v) is 9.16. The highest BCUT2D eigenvalue weighted by atomic mass is 35.5. The van der Waals surface area contributed by atoms with E-state index in [2.05, 4.69) is 17.6 Å². The van der Waals surface area contributed by atoms with Gasteiger partial charge in [0.15, 0.2) is 5.69 Å². The number of carbonyl (C=O) groups is 1. The summed E-state index contributed by atoms with van der Waals surface area (Å²) in [6, 6.07) is 3.26. The molecule has 2 aromatic heterocycles. The Morgan fingerprint density at radius 3 is 2.93 bits per heavy atom. The molecule has 0 unspecified atom stereocenters. The van der Waals surface area contributed by atoms with Crippen LogP contribution in [0, 0.1) is 0 Å². The Balaban J connectivity index is 2.81. The minimum Gasteiger partial charge on any atom is -0.476 e. The van der Waals surface area contributed by atoms with Crippen molar-refractivity contribution in [2.45, 2.75) is 5.75 Å². The highest BCUT2D eigenvalue weighted by Crippen LogP contribution is 2.18. The van der Waals surface area contributed by atoms with Gasteiger partial charge in [-0.3, -0.25) is 0 Å². The normalized spacial score (nSPS) is 10.8. The van der Waals surface area contributed by atoms with Gasteiger partial charge in [0, 0.05) is 11.9 Å². The number of imidazole rings is 1. The van der Waals surface area contributed by atoms with E-state index in [0.29, 0.717) is 22.1 Å². The second-order valence-electron chi connectivity index (χ2n) is 2.94. The first-order valence-electron chi connectivity index (χ1n) is 4.14. The third-order valence-corrected chi connectivity index (χ3v) is 2.52. The molecule has 0 aliphatic heterocycles. The summed E-state index contributed by atoms with van der Waals surface area (Å²) in [4.78, 5) is 14.9. The summed E-state index contributed by atoms with van der Waals surface area (Å²) in [5.74, 6) is -0.134. The van der Waals surface area contributed by atoms with E-state index in [4.69, 9.17) is 16.7 Å². The molecule has 0 aliphatic rings. The van der Waals surface area contributed by atoms with Gasteiger partial charge in [-0.1, -0.05) is 11.6 Å². The molecule has 4 nitrogen and oxygen atoms in total. The number of thiol groups is 1. The predicted molar refractivity (Wildman–Crippen MR) is 59.9 cm³/mol. The molecular weight excluding hydrogens is 236 g/mol. The summed E-state index contributed by atoms with van der Waals surface area (Å²) in [7, 11) is 0. The second kappa shape index (κ2) is 3.75. The lowest BCUT2D eigenvalue weighted by Crippen LogP contribution is -1.97. The fraction of sp³-hybridized carbons (Fsp3) is 0.111. The van der Waals surface area contributed by atoms with Crippen LogP contribution in [0.4, 0.5) is 0 Å². The SMILES string of the molecule is O=C(O)c1nc(CS)n2cc(Cl)ccc12. The summed E-state index contributed by atoms with van der Waals surface area (Å²) >= 11 is 9.90. The first-order chi connectivity index (χ1) is 7.13. The molecule has 0 spiro atoms. The van der Waals surface area contributed by atoms with Crippen LogP contribution in [0.3, 0.4) is 0 Å². The maximum Gasteiger partial charge on any atom is 0.356 e. The molecule has 2 aromatic rings. The highest BCUT2D eigenvalue weighted by Gasteiger charge is 2.15. The van der Waals surface area contributed by atoms with Crippen molar-refractivity contribution < 1.29 is 9.90 Å². The number of fused-ring (bicyclic) bond motifs is 1. The van der Waals surface area contributed by atoms with Crippen LogP contribution < -0.4 is 0 Å². The number of hydrogen-bond acceptors (Lipinski definition) is 3. The smallest absolute Gasteiger partial charge is 0.356 e. The average Bonchev–Trinajstić information content (AvgIpc) is 2.55. The predicted octanol–water partition coefficient (Wildman–Crippen LogP) is 2.12. The van der Waals surface area contributed by atoms with Gasteiger partial charge >= 0.3 is 5.97 Å². The molecule has 2 heterocycles. The van der Waals surface area contributed by atoms with E-state index in [-0.39, 0.29) is 5.69 Å². The van der Waals surface area contributed by atoms with Crippen molar-refractivity contribution in [3.63, 3.8) is 0 Å². The van der Waals surface area contributed by atoms with Crippen molar-refractivity contribution in [1.29, 1.82) is 0 Å². The van der Waals surface area contributed by atoms with Gasteiger partial charge < -0.3 is 9.51 Å². The highest BCUT2D eigenvalue weighted by molar-refractivity contribution is 7.79. The zero-order valence-electron chi connectivity index (χ0n) is 7.51. The second-order valence-corrected chi connectivity index (χ2v) is 3.70. The number of halogens is 1. The van der Waals surface area contributed by atoms with Crippen molar-refractivity contribution in [3.8, 4) is 0 Å². The summed E-state index contributed by atoms with van der Waals surface area (Å²) in [5, 5.41) is 9.45. The molecule has 0 atom stereocenters. The molecule has 0 fully saturated rings. The number of aromatic nitrogens is 2. The van der Waals surface area contributed by atoms with Crippen LogP contribution in [0.2, 0.25) is 5.02 Å². The van der Waals surface area contributed by atoms with Crippen LogP contribution in [0.15, 0.2) is 18.3 Å². The van der Waals surface area contributed by atoms with E-state index >= 15 is 0 Å². The van der Waals surface area contributed by atoms with E-state index in [9.17, 15) is 4.79 Å². The van der Waals surface area contributed by atoms with Gasteiger partial charge in [0.2, 0.25) is 0 Å². The quantitative estimate of drug-likeness (QED) is 0.794. The van der Waals surface area contributed by atoms with E-state index < -0.39 is 5.97 Å². The number of aromatic carboxylic acids is 1. The Bertz CT molecular complexity index is 538. The molecular formula is C9H7ClN2O2S. The number of nitrogens with zero attached hydrogens (tertiary/aromatic N) is 2. The minimum atomic E-state index is -1.05. The molecule has 78 valence electrons. The maximum absolute atomic E-state index is 10.9. The van der Waals surface area contributed by atoms with Crippen molar-refractivity contribution in [1.82, 2.24) is 9.38 Å². The van der Waals surface area contributed by atoms with Crippen LogP contribution >= 0.6 is 24.2 Å². The van der Waals surface area contributed by atoms with Gasteiger partial charge in [-0.25, -0.2) is 9.78 Å². The largest absolute Gasteiger partial charge is 0.476 e. The fourth-order valence-corrected chi connectivity index (χ4v) is 1.77. The molecule has 0 aromatic carbocycles. The number of carboxylic acid groups (broad SMARTS) is 1. The first kappa shape index (κ1) is 10.3. The lowest BCUT2D eigenvalue weighted by atomic mass is 10.3. The zero-order chi connectivity index (χ0) is 11.0. The Hall–Kier alpha value is -1.20.